The van der Waals surface area contributed by atoms with Crippen LogP contribution >= 0.6 is 0 Å². The van der Waals surface area contributed by atoms with Gasteiger partial charge in [-0.1, -0.05) is 0 Å². The molecule has 1 aromatic heterocycles. The Morgan fingerprint density at radius 2 is 2.36 bits per heavy atom. The van der Waals surface area contributed by atoms with Crippen LogP contribution in [0.15, 0.2) is 18.2 Å². The lowest BCUT2D eigenvalue weighted by molar-refractivity contribution is 0.0734. The lowest BCUT2D eigenvalue weighted by Crippen LogP contribution is -2.34. The van der Waals surface area contributed by atoms with Crippen molar-refractivity contribution < 1.29 is 14.3 Å². The van der Waals surface area contributed by atoms with Crippen molar-refractivity contribution in [3.63, 3.8) is 0 Å². The monoisotopic (exact) mass is 305 g/mol. The number of aromatic amines is 1. The molecule has 0 spiro atoms. The first-order chi connectivity index (χ1) is 10.6. The number of benzene rings is 1. The molecule has 1 aromatic carbocycles. The Labute approximate surface area is 126 Å². The summed E-state index contributed by atoms with van der Waals surface area (Å²) in [5.41, 5.74) is 0.497. The van der Waals surface area contributed by atoms with E-state index in [1.165, 1.54) is 18.2 Å². The highest BCUT2D eigenvalue weighted by molar-refractivity contribution is 5.96. The molecule has 1 saturated heterocycles. The van der Waals surface area contributed by atoms with E-state index in [2.05, 4.69) is 20.6 Å². The summed E-state index contributed by atoms with van der Waals surface area (Å²) in [6, 6.07) is 4.13. The van der Waals surface area contributed by atoms with Crippen LogP contribution in [-0.2, 0) is 0 Å². The minimum atomic E-state index is -0.586. The van der Waals surface area contributed by atoms with Gasteiger partial charge in [0.25, 0.3) is 5.91 Å². The second kappa shape index (κ2) is 5.80. The number of likely N-dealkylation sites (tertiary alicyclic amines) is 1. The molecule has 22 heavy (non-hydrogen) atoms. The highest BCUT2D eigenvalue weighted by atomic mass is 19.1. The number of aromatic nitrogens is 4. The number of H-pyrrole nitrogens is 1. The number of rotatable bonds is 3. The van der Waals surface area contributed by atoms with Crippen molar-refractivity contribution in [3.05, 3.63) is 29.6 Å². The number of nitrogens with zero attached hydrogens (tertiary/aromatic N) is 4. The highest BCUT2D eigenvalue weighted by Crippen LogP contribution is 2.26. The molecule has 2 N–H and O–H groups in total. The summed E-state index contributed by atoms with van der Waals surface area (Å²) in [6.45, 7) is 2.36. The fraction of sp³-hybridized carbons (Fsp3) is 0.429. The number of aliphatic hydroxyl groups is 1. The molecule has 7 nitrogen and oxygen atoms in total. The van der Waals surface area contributed by atoms with E-state index in [4.69, 9.17) is 0 Å². The molecule has 2 heterocycles. The summed E-state index contributed by atoms with van der Waals surface area (Å²) < 4.78 is 14.1. The van der Waals surface area contributed by atoms with Gasteiger partial charge in [0.1, 0.15) is 5.82 Å². The Morgan fingerprint density at radius 1 is 1.55 bits per heavy atom. The second-order valence-corrected chi connectivity index (χ2v) is 5.52. The molecule has 2 aromatic rings. The molecule has 0 saturated carbocycles. The van der Waals surface area contributed by atoms with E-state index in [-0.39, 0.29) is 30.0 Å². The average molecular weight is 305 g/mol. The van der Waals surface area contributed by atoms with Crippen molar-refractivity contribution in [2.45, 2.75) is 19.4 Å². The third-order valence-corrected chi connectivity index (χ3v) is 3.98. The number of carbonyl (C=O) groups is 1. The summed E-state index contributed by atoms with van der Waals surface area (Å²) in [7, 11) is 0. The quantitative estimate of drug-likeness (QED) is 0.876. The van der Waals surface area contributed by atoms with Crippen molar-refractivity contribution >= 4 is 5.91 Å². The van der Waals surface area contributed by atoms with Crippen LogP contribution in [0.2, 0.25) is 0 Å². The highest BCUT2D eigenvalue weighted by Gasteiger charge is 2.33. The van der Waals surface area contributed by atoms with Crippen molar-refractivity contribution in [1.82, 2.24) is 25.5 Å². The third kappa shape index (κ3) is 2.57. The second-order valence-electron chi connectivity index (χ2n) is 5.52. The molecule has 2 unspecified atom stereocenters. The third-order valence-electron chi connectivity index (χ3n) is 3.98. The van der Waals surface area contributed by atoms with Crippen LogP contribution in [0.25, 0.3) is 11.4 Å². The molecule has 2 atom stereocenters. The number of hydrogen-bond donors (Lipinski definition) is 2. The summed E-state index contributed by atoms with van der Waals surface area (Å²) in [5.74, 6) is -0.623. The molecule has 3 rings (SSSR count). The van der Waals surface area contributed by atoms with E-state index >= 15 is 0 Å². The fourth-order valence-electron chi connectivity index (χ4n) is 2.82. The van der Waals surface area contributed by atoms with Gasteiger partial charge in [0, 0.05) is 30.7 Å². The van der Waals surface area contributed by atoms with E-state index in [1.54, 1.807) is 4.90 Å². The zero-order chi connectivity index (χ0) is 15.7. The largest absolute Gasteiger partial charge is 0.396 e. The van der Waals surface area contributed by atoms with E-state index in [1.807, 2.05) is 6.92 Å². The molecular formula is C14H16FN5O2. The Kier molecular flexibility index (Phi) is 3.84. The summed E-state index contributed by atoms with van der Waals surface area (Å²) >= 11 is 0. The van der Waals surface area contributed by atoms with Gasteiger partial charge in [0.05, 0.1) is 5.56 Å². The van der Waals surface area contributed by atoms with Gasteiger partial charge >= 0.3 is 0 Å². The van der Waals surface area contributed by atoms with E-state index < -0.39 is 5.82 Å². The molecule has 0 aliphatic carbocycles. The van der Waals surface area contributed by atoms with Crippen molar-refractivity contribution in [1.29, 1.82) is 0 Å². The van der Waals surface area contributed by atoms with Gasteiger partial charge in [-0.3, -0.25) is 4.79 Å². The number of amides is 1. The lowest BCUT2D eigenvalue weighted by Gasteiger charge is -2.22. The van der Waals surface area contributed by atoms with Crippen molar-refractivity contribution in [2.75, 3.05) is 13.2 Å². The zero-order valence-electron chi connectivity index (χ0n) is 12.0. The first-order valence-electron chi connectivity index (χ1n) is 7.05. The van der Waals surface area contributed by atoms with Gasteiger partial charge in [0.15, 0.2) is 0 Å². The van der Waals surface area contributed by atoms with Crippen molar-refractivity contribution in [3.8, 4) is 11.4 Å². The number of aliphatic hydroxyl groups excluding tert-OH is 1. The SMILES string of the molecule is CC1CC(CO)CN1C(=O)c1cc(-c2nn[nH]n2)ccc1F. The maximum atomic E-state index is 14.1. The number of nitrogens with one attached hydrogen (secondary N) is 1. The normalized spacial score (nSPS) is 21.3. The molecule has 0 radical (unpaired) electrons. The molecular weight excluding hydrogens is 289 g/mol. The van der Waals surface area contributed by atoms with Gasteiger partial charge in [-0.15, -0.1) is 10.2 Å². The zero-order valence-corrected chi connectivity index (χ0v) is 12.0. The fourth-order valence-corrected chi connectivity index (χ4v) is 2.82. The molecule has 1 aliphatic heterocycles. The minimum Gasteiger partial charge on any atom is -0.396 e. The van der Waals surface area contributed by atoms with Crippen LogP contribution in [0.3, 0.4) is 0 Å². The standard InChI is InChI=1S/C14H16FN5O2/c1-8-4-9(7-21)6-20(8)14(22)11-5-10(2-3-12(11)15)13-16-18-19-17-13/h2-3,5,8-9,21H,4,6-7H2,1H3,(H,16,17,18,19). The summed E-state index contributed by atoms with van der Waals surface area (Å²) in [6.07, 6.45) is 0.717. The van der Waals surface area contributed by atoms with Gasteiger partial charge in [-0.2, -0.15) is 5.21 Å². The predicted octanol–water partition coefficient (Wildman–Crippen LogP) is 0.849. The van der Waals surface area contributed by atoms with Crippen LogP contribution in [0.5, 0.6) is 0 Å². The number of carbonyl (C=O) groups excluding carboxylic acids is 1. The smallest absolute Gasteiger partial charge is 0.257 e. The predicted molar refractivity (Wildman–Crippen MR) is 75.3 cm³/mol. The molecule has 0 bridgehead atoms. The molecule has 116 valence electrons. The van der Waals surface area contributed by atoms with Crippen LogP contribution in [-0.4, -0.2) is 55.7 Å². The topological polar surface area (TPSA) is 95.0 Å². The van der Waals surface area contributed by atoms with Crippen LogP contribution in [0, 0.1) is 11.7 Å². The van der Waals surface area contributed by atoms with Gasteiger partial charge in [-0.25, -0.2) is 4.39 Å². The Morgan fingerprint density at radius 3 is 3.00 bits per heavy atom. The molecule has 1 fully saturated rings. The molecule has 1 aliphatic rings. The Hall–Kier alpha value is -2.35. The van der Waals surface area contributed by atoms with Crippen LogP contribution in [0.1, 0.15) is 23.7 Å². The summed E-state index contributed by atoms with van der Waals surface area (Å²) in [5, 5.41) is 22.7. The van der Waals surface area contributed by atoms with Crippen LogP contribution in [0.4, 0.5) is 4.39 Å². The van der Waals surface area contributed by atoms with E-state index in [9.17, 15) is 14.3 Å². The Balaban J connectivity index is 1.91. The first-order valence-corrected chi connectivity index (χ1v) is 7.05. The number of tetrazole rings is 1. The molecule has 1 amide bonds. The molecule has 8 heteroatoms. The van der Waals surface area contributed by atoms with Crippen LogP contribution < -0.4 is 0 Å². The maximum Gasteiger partial charge on any atom is 0.257 e. The van der Waals surface area contributed by atoms with Crippen molar-refractivity contribution in [2.24, 2.45) is 5.92 Å². The number of hydrogen-bond acceptors (Lipinski definition) is 5. The summed E-state index contributed by atoms with van der Waals surface area (Å²) in [4.78, 5) is 14.2. The first kappa shape index (κ1) is 14.6. The van der Waals surface area contributed by atoms with E-state index in [0.29, 0.717) is 24.4 Å². The van der Waals surface area contributed by atoms with E-state index in [0.717, 1.165) is 0 Å². The van der Waals surface area contributed by atoms with Gasteiger partial charge < -0.3 is 10.0 Å². The average Bonchev–Trinajstić information content (AvgIpc) is 3.16. The minimum absolute atomic E-state index is 0.0206. The van der Waals surface area contributed by atoms with Gasteiger partial charge in [0.2, 0.25) is 5.82 Å². The number of halogens is 1. The maximum absolute atomic E-state index is 14.1. The lowest BCUT2D eigenvalue weighted by atomic mass is 10.1. The van der Waals surface area contributed by atoms with Gasteiger partial charge in [-0.05, 0) is 36.8 Å². The Bertz CT molecular complexity index is 676.